The number of aliphatic hydroxyl groups excluding tert-OH is 1. The summed E-state index contributed by atoms with van der Waals surface area (Å²) in [6, 6.07) is 0.820. The minimum absolute atomic E-state index is 0.364. The van der Waals surface area contributed by atoms with Crippen molar-refractivity contribution in [3.8, 4) is 11.5 Å². The van der Waals surface area contributed by atoms with Crippen LogP contribution in [0.5, 0.6) is 11.5 Å². The summed E-state index contributed by atoms with van der Waals surface area (Å²) < 4.78 is 42.2. The van der Waals surface area contributed by atoms with E-state index in [0.717, 1.165) is 6.07 Å². The van der Waals surface area contributed by atoms with Crippen molar-refractivity contribution < 1.29 is 38.0 Å². The third-order valence-corrected chi connectivity index (χ3v) is 3.14. The average molecular weight is 304 g/mol. The number of hydrogen-bond donors (Lipinski definition) is 2. The van der Waals surface area contributed by atoms with Crippen molar-refractivity contribution in [2.75, 3.05) is 13.9 Å². The van der Waals surface area contributed by atoms with Crippen LogP contribution in [-0.2, 0) is 4.74 Å². The monoisotopic (exact) mass is 304 g/mol. The van der Waals surface area contributed by atoms with Crippen molar-refractivity contribution in [2.45, 2.75) is 25.0 Å². The van der Waals surface area contributed by atoms with Crippen molar-refractivity contribution in [3.05, 3.63) is 23.3 Å². The van der Waals surface area contributed by atoms with Crippen LogP contribution in [0.3, 0.4) is 0 Å². The van der Waals surface area contributed by atoms with Gasteiger partial charge in [-0.15, -0.1) is 0 Å². The first-order chi connectivity index (χ1) is 9.95. The van der Waals surface area contributed by atoms with Crippen LogP contribution in [0.25, 0.3) is 0 Å². The number of ether oxygens (including phenoxy) is 3. The Hall–Kier alpha value is -1.93. The van der Waals surface area contributed by atoms with Gasteiger partial charge in [0.15, 0.2) is 18.3 Å². The van der Waals surface area contributed by atoms with Gasteiger partial charge in [-0.05, 0) is 12.8 Å². The Morgan fingerprint density at radius 2 is 2.10 bits per heavy atom. The molecule has 2 atom stereocenters. The van der Waals surface area contributed by atoms with E-state index < -0.39 is 46.9 Å². The summed E-state index contributed by atoms with van der Waals surface area (Å²) in [4.78, 5) is 11.2. The molecule has 1 aromatic carbocycles. The summed E-state index contributed by atoms with van der Waals surface area (Å²) in [5.74, 6) is -5.68. The van der Waals surface area contributed by atoms with E-state index in [1.54, 1.807) is 0 Å². The maximum Gasteiger partial charge on any atom is 0.339 e. The summed E-state index contributed by atoms with van der Waals surface area (Å²) in [7, 11) is 1.28. The number of aromatic carboxylic acids is 1. The zero-order valence-corrected chi connectivity index (χ0v) is 11.1. The van der Waals surface area contributed by atoms with Crippen LogP contribution in [0.2, 0.25) is 0 Å². The van der Waals surface area contributed by atoms with Gasteiger partial charge in [0, 0.05) is 13.2 Å². The molecule has 0 bridgehead atoms. The van der Waals surface area contributed by atoms with Gasteiger partial charge in [0.25, 0.3) is 0 Å². The van der Waals surface area contributed by atoms with E-state index in [1.807, 2.05) is 0 Å². The second kappa shape index (κ2) is 6.23. The standard InChI is InChI=1S/C13H14F2O6/c1-19-5-20-9-4-6(13(17)18)12(11(15)10(9)14)21-8-3-2-7(8)16/h4,7-8,16H,2-3,5H2,1H3,(H,17,18)/t7-,8+/m0/s1. The zero-order chi connectivity index (χ0) is 15.6. The molecule has 8 heteroatoms. The molecule has 21 heavy (non-hydrogen) atoms. The number of aliphatic hydroxyl groups is 1. The lowest BCUT2D eigenvalue weighted by molar-refractivity contribution is -0.0386. The molecule has 6 nitrogen and oxygen atoms in total. The summed E-state index contributed by atoms with van der Waals surface area (Å²) in [6.07, 6.45) is -0.670. The highest BCUT2D eigenvalue weighted by Crippen LogP contribution is 2.35. The molecule has 1 aromatic rings. The van der Waals surface area contributed by atoms with Gasteiger partial charge in [-0.1, -0.05) is 0 Å². The van der Waals surface area contributed by atoms with E-state index >= 15 is 0 Å². The Morgan fingerprint density at radius 3 is 2.57 bits per heavy atom. The van der Waals surface area contributed by atoms with Crippen molar-refractivity contribution in [1.82, 2.24) is 0 Å². The van der Waals surface area contributed by atoms with E-state index in [2.05, 4.69) is 4.74 Å². The summed E-state index contributed by atoms with van der Waals surface area (Å²) in [5.41, 5.74) is -0.584. The first-order valence-electron chi connectivity index (χ1n) is 6.17. The topological polar surface area (TPSA) is 85.2 Å². The van der Waals surface area contributed by atoms with E-state index in [1.165, 1.54) is 7.11 Å². The lowest BCUT2D eigenvalue weighted by Gasteiger charge is -2.33. The van der Waals surface area contributed by atoms with Gasteiger partial charge < -0.3 is 24.4 Å². The van der Waals surface area contributed by atoms with Crippen LogP contribution in [0.15, 0.2) is 6.07 Å². The Morgan fingerprint density at radius 1 is 1.38 bits per heavy atom. The number of hydrogen-bond acceptors (Lipinski definition) is 5. The molecule has 2 N–H and O–H groups in total. The highest BCUT2D eigenvalue weighted by atomic mass is 19.2. The minimum Gasteiger partial charge on any atom is -0.484 e. The van der Waals surface area contributed by atoms with Crippen LogP contribution in [0.1, 0.15) is 23.2 Å². The summed E-state index contributed by atoms with van der Waals surface area (Å²) >= 11 is 0. The third kappa shape index (κ3) is 3.06. The average Bonchev–Trinajstić information content (AvgIpc) is 2.45. The number of methoxy groups -OCH3 is 1. The number of carboxylic acids is 1. The van der Waals surface area contributed by atoms with Gasteiger partial charge in [-0.3, -0.25) is 0 Å². The number of carbonyl (C=O) groups is 1. The smallest absolute Gasteiger partial charge is 0.339 e. The molecular weight excluding hydrogens is 290 g/mol. The molecule has 1 aliphatic rings. The van der Waals surface area contributed by atoms with Crippen LogP contribution in [0.4, 0.5) is 8.78 Å². The minimum atomic E-state index is -1.50. The fourth-order valence-electron chi connectivity index (χ4n) is 1.83. The largest absolute Gasteiger partial charge is 0.484 e. The molecule has 0 radical (unpaired) electrons. The highest BCUT2D eigenvalue weighted by molar-refractivity contribution is 5.91. The van der Waals surface area contributed by atoms with E-state index in [4.69, 9.17) is 14.6 Å². The zero-order valence-electron chi connectivity index (χ0n) is 11.1. The maximum atomic E-state index is 14.0. The van der Waals surface area contributed by atoms with E-state index in [9.17, 15) is 18.7 Å². The quantitative estimate of drug-likeness (QED) is 0.776. The first kappa shape index (κ1) is 15.5. The molecule has 1 fully saturated rings. The van der Waals surface area contributed by atoms with Gasteiger partial charge in [-0.2, -0.15) is 8.78 Å². The van der Waals surface area contributed by atoms with Crippen molar-refractivity contribution in [2.24, 2.45) is 0 Å². The Kier molecular flexibility index (Phi) is 4.59. The molecule has 0 saturated heterocycles. The Labute approximate surface area is 118 Å². The Balaban J connectivity index is 2.37. The van der Waals surface area contributed by atoms with Crippen LogP contribution in [0, 0.1) is 11.6 Å². The summed E-state index contributed by atoms with van der Waals surface area (Å²) in [6.45, 7) is -0.364. The van der Waals surface area contributed by atoms with Gasteiger partial charge in [0.2, 0.25) is 11.6 Å². The van der Waals surface area contributed by atoms with Crippen molar-refractivity contribution in [3.63, 3.8) is 0 Å². The molecule has 1 saturated carbocycles. The fraction of sp³-hybridized carbons (Fsp3) is 0.462. The van der Waals surface area contributed by atoms with Gasteiger partial charge in [0.1, 0.15) is 11.7 Å². The van der Waals surface area contributed by atoms with Crippen LogP contribution < -0.4 is 9.47 Å². The normalized spacial score (nSPS) is 20.8. The molecular formula is C13H14F2O6. The summed E-state index contributed by atoms with van der Waals surface area (Å²) in [5, 5.41) is 18.5. The second-order valence-corrected chi connectivity index (χ2v) is 4.54. The van der Waals surface area contributed by atoms with Crippen molar-refractivity contribution in [1.29, 1.82) is 0 Å². The molecule has 0 heterocycles. The molecule has 2 rings (SSSR count). The SMILES string of the molecule is COCOc1cc(C(=O)O)c(O[C@@H]2CC[C@@H]2O)c(F)c1F. The van der Waals surface area contributed by atoms with Crippen LogP contribution >= 0.6 is 0 Å². The molecule has 116 valence electrons. The van der Waals surface area contributed by atoms with Crippen molar-refractivity contribution >= 4 is 5.97 Å². The van der Waals surface area contributed by atoms with E-state index in [-0.39, 0.29) is 6.79 Å². The maximum absolute atomic E-state index is 14.0. The van der Waals surface area contributed by atoms with Gasteiger partial charge in [0.05, 0.1) is 6.10 Å². The lowest BCUT2D eigenvalue weighted by Crippen LogP contribution is -2.41. The number of benzene rings is 1. The fourth-order valence-corrected chi connectivity index (χ4v) is 1.83. The molecule has 0 amide bonds. The molecule has 0 aliphatic heterocycles. The predicted molar refractivity (Wildman–Crippen MR) is 65.5 cm³/mol. The Bertz CT molecular complexity index is 548. The predicted octanol–water partition coefficient (Wildman–Crippen LogP) is 1.55. The molecule has 0 aromatic heterocycles. The number of rotatable bonds is 6. The first-order valence-corrected chi connectivity index (χ1v) is 6.17. The number of halogens is 2. The van der Waals surface area contributed by atoms with E-state index in [0.29, 0.717) is 12.8 Å². The van der Waals surface area contributed by atoms with Crippen LogP contribution in [-0.4, -0.2) is 42.3 Å². The lowest BCUT2D eigenvalue weighted by atomic mass is 9.92. The molecule has 1 aliphatic carbocycles. The molecule has 0 spiro atoms. The third-order valence-electron chi connectivity index (χ3n) is 3.14. The van der Waals surface area contributed by atoms with Gasteiger partial charge in [-0.25, -0.2) is 4.79 Å². The van der Waals surface area contributed by atoms with Gasteiger partial charge >= 0.3 is 5.97 Å². The second-order valence-electron chi connectivity index (χ2n) is 4.54. The number of carboxylic acid groups (broad SMARTS) is 1. The highest BCUT2D eigenvalue weighted by Gasteiger charge is 2.34. The molecule has 0 unspecified atom stereocenters.